The van der Waals surface area contributed by atoms with Gasteiger partial charge in [0.05, 0.1) is 24.3 Å². The Labute approximate surface area is 152 Å². The SMILES string of the molecule is CCCC[C@H](CN(O)C=O)C(=O)[C@@H](NC(=O)c1cncc(F)c1)C(C)C. The third kappa shape index (κ3) is 6.51. The number of unbranched alkanes of at least 4 members (excludes halogenated alkanes) is 1. The van der Waals surface area contributed by atoms with Gasteiger partial charge in [-0.05, 0) is 18.4 Å². The Morgan fingerprint density at radius 2 is 2.08 bits per heavy atom. The molecule has 8 heteroatoms. The lowest BCUT2D eigenvalue weighted by Gasteiger charge is -2.27. The Morgan fingerprint density at radius 1 is 1.38 bits per heavy atom. The van der Waals surface area contributed by atoms with E-state index in [2.05, 4.69) is 10.3 Å². The molecule has 0 unspecified atom stereocenters. The van der Waals surface area contributed by atoms with Gasteiger partial charge in [0.1, 0.15) is 5.82 Å². The molecular weight excluding hydrogens is 341 g/mol. The van der Waals surface area contributed by atoms with E-state index in [0.717, 1.165) is 25.1 Å². The highest BCUT2D eigenvalue weighted by Gasteiger charge is 2.31. The number of halogens is 1. The van der Waals surface area contributed by atoms with Crippen LogP contribution in [-0.4, -0.2) is 45.9 Å². The van der Waals surface area contributed by atoms with Crippen LogP contribution in [-0.2, 0) is 9.59 Å². The molecule has 0 saturated carbocycles. The number of carbonyl (C=O) groups is 3. The van der Waals surface area contributed by atoms with Crippen LogP contribution in [0.5, 0.6) is 0 Å². The van der Waals surface area contributed by atoms with Gasteiger partial charge in [-0.1, -0.05) is 33.6 Å². The molecule has 0 radical (unpaired) electrons. The summed E-state index contributed by atoms with van der Waals surface area (Å²) in [6.45, 7) is 5.39. The summed E-state index contributed by atoms with van der Waals surface area (Å²) >= 11 is 0. The quantitative estimate of drug-likeness (QED) is 0.355. The van der Waals surface area contributed by atoms with Crippen LogP contribution in [0.3, 0.4) is 0 Å². The van der Waals surface area contributed by atoms with Crippen molar-refractivity contribution in [3.05, 3.63) is 29.8 Å². The standard InChI is InChI=1S/C18H26FN3O4/c1-4-5-6-13(10-22(26)11-23)17(24)16(12(2)3)21-18(25)14-7-15(19)9-20-8-14/h7-9,11-13,16,26H,4-6,10H2,1-3H3,(H,21,25)/t13-,16+/m1/s1. The minimum atomic E-state index is -0.826. The number of pyridine rings is 1. The van der Waals surface area contributed by atoms with Gasteiger partial charge in [-0.15, -0.1) is 0 Å². The zero-order valence-corrected chi connectivity index (χ0v) is 15.3. The van der Waals surface area contributed by atoms with Crippen LogP contribution in [0.25, 0.3) is 0 Å². The summed E-state index contributed by atoms with van der Waals surface area (Å²) in [5.41, 5.74) is 0.0187. The molecule has 2 atom stereocenters. The molecule has 1 aromatic rings. The summed E-state index contributed by atoms with van der Waals surface area (Å²) in [6, 6.07) is 0.216. The summed E-state index contributed by atoms with van der Waals surface area (Å²) in [4.78, 5) is 39.6. The van der Waals surface area contributed by atoms with Crippen molar-refractivity contribution in [3.8, 4) is 0 Å². The number of aromatic nitrogens is 1. The van der Waals surface area contributed by atoms with Crippen molar-refractivity contribution in [1.29, 1.82) is 0 Å². The molecule has 2 amide bonds. The molecule has 7 nitrogen and oxygen atoms in total. The third-order valence-electron chi connectivity index (χ3n) is 4.06. The first kappa shape index (κ1) is 21.7. The first-order chi connectivity index (χ1) is 12.3. The Balaban J connectivity index is 2.95. The predicted molar refractivity (Wildman–Crippen MR) is 92.9 cm³/mol. The number of carbonyl (C=O) groups excluding carboxylic acids is 3. The number of amides is 2. The van der Waals surface area contributed by atoms with E-state index in [1.165, 1.54) is 6.20 Å². The van der Waals surface area contributed by atoms with Gasteiger partial charge < -0.3 is 5.32 Å². The highest BCUT2D eigenvalue weighted by molar-refractivity contribution is 5.98. The van der Waals surface area contributed by atoms with Gasteiger partial charge in [0.25, 0.3) is 5.91 Å². The van der Waals surface area contributed by atoms with Gasteiger partial charge in [-0.2, -0.15) is 0 Å². The average molecular weight is 367 g/mol. The molecule has 0 aromatic carbocycles. The molecule has 1 aromatic heterocycles. The van der Waals surface area contributed by atoms with E-state index in [9.17, 15) is 24.0 Å². The van der Waals surface area contributed by atoms with Crippen molar-refractivity contribution in [2.75, 3.05) is 6.54 Å². The van der Waals surface area contributed by atoms with Crippen LogP contribution in [0.4, 0.5) is 4.39 Å². The molecular formula is C18H26FN3O4. The average Bonchev–Trinajstić information content (AvgIpc) is 2.61. The molecule has 0 aliphatic heterocycles. The number of nitrogens with zero attached hydrogens (tertiary/aromatic N) is 2. The maximum absolute atomic E-state index is 13.3. The highest BCUT2D eigenvalue weighted by atomic mass is 19.1. The maximum atomic E-state index is 13.3. The Kier molecular flexibility index (Phi) is 8.84. The second-order valence-corrected chi connectivity index (χ2v) is 6.56. The maximum Gasteiger partial charge on any atom is 0.253 e. The number of hydrogen-bond acceptors (Lipinski definition) is 5. The van der Waals surface area contributed by atoms with E-state index in [4.69, 9.17) is 0 Å². The third-order valence-corrected chi connectivity index (χ3v) is 4.06. The summed E-state index contributed by atoms with van der Waals surface area (Å²) in [7, 11) is 0. The van der Waals surface area contributed by atoms with E-state index in [0.29, 0.717) is 11.5 Å². The minimum absolute atomic E-state index is 0.0187. The summed E-state index contributed by atoms with van der Waals surface area (Å²) in [5, 5.41) is 12.5. The van der Waals surface area contributed by atoms with Crippen molar-refractivity contribution in [3.63, 3.8) is 0 Å². The van der Waals surface area contributed by atoms with Crippen LogP contribution in [0, 0.1) is 17.7 Å². The molecule has 0 bridgehead atoms. The molecule has 0 aliphatic carbocycles. The molecule has 1 heterocycles. The highest BCUT2D eigenvalue weighted by Crippen LogP contribution is 2.17. The van der Waals surface area contributed by atoms with Crippen LogP contribution in [0.15, 0.2) is 18.5 Å². The molecule has 144 valence electrons. The molecule has 0 aliphatic rings. The lowest BCUT2D eigenvalue weighted by molar-refractivity contribution is -0.154. The molecule has 2 N–H and O–H groups in total. The fraction of sp³-hybridized carbons (Fsp3) is 0.556. The monoisotopic (exact) mass is 367 g/mol. The van der Waals surface area contributed by atoms with Crippen molar-refractivity contribution in [2.45, 2.75) is 46.1 Å². The van der Waals surface area contributed by atoms with Gasteiger partial charge in [0.2, 0.25) is 6.41 Å². The van der Waals surface area contributed by atoms with Crippen LogP contribution in [0.2, 0.25) is 0 Å². The molecule has 0 spiro atoms. The normalized spacial score (nSPS) is 13.2. The fourth-order valence-corrected chi connectivity index (χ4v) is 2.62. The van der Waals surface area contributed by atoms with Crippen LogP contribution in [0.1, 0.15) is 50.4 Å². The first-order valence-electron chi connectivity index (χ1n) is 8.66. The molecule has 0 fully saturated rings. The summed E-state index contributed by atoms with van der Waals surface area (Å²) < 4.78 is 13.3. The van der Waals surface area contributed by atoms with Gasteiger partial charge in [-0.3, -0.25) is 24.6 Å². The van der Waals surface area contributed by atoms with Crippen LogP contribution >= 0.6 is 0 Å². The van der Waals surface area contributed by atoms with Gasteiger partial charge in [0.15, 0.2) is 5.78 Å². The lowest BCUT2D eigenvalue weighted by Crippen LogP contribution is -2.48. The predicted octanol–water partition coefficient (Wildman–Crippen LogP) is 2.20. The Hall–Kier alpha value is -2.35. The lowest BCUT2D eigenvalue weighted by atomic mass is 9.87. The van der Waals surface area contributed by atoms with E-state index >= 15 is 0 Å². The second-order valence-electron chi connectivity index (χ2n) is 6.56. The van der Waals surface area contributed by atoms with E-state index in [1.807, 2.05) is 6.92 Å². The number of rotatable bonds is 11. The number of nitrogens with one attached hydrogen (secondary N) is 1. The van der Waals surface area contributed by atoms with Crippen molar-refractivity contribution < 1.29 is 24.0 Å². The largest absolute Gasteiger partial charge is 0.342 e. The zero-order valence-electron chi connectivity index (χ0n) is 15.3. The van der Waals surface area contributed by atoms with E-state index in [-0.39, 0.29) is 30.2 Å². The van der Waals surface area contributed by atoms with E-state index in [1.54, 1.807) is 13.8 Å². The van der Waals surface area contributed by atoms with Crippen LogP contribution < -0.4 is 5.32 Å². The Morgan fingerprint density at radius 3 is 2.62 bits per heavy atom. The zero-order chi connectivity index (χ0) is 19.7. The molecule has 0 saturated heterocycles. The van der Waals surface area contributed by atoms with Gasteiger partial charge in [0, 0.05) is 12.1 Å². The second kappa shape index (κ2) is 10.6. The van der Waals surface area contributed by atoms with Gasteiger partial charge >= 0.3 is 0 Å². The molecule has 26 heavy (non-hydrogen) atoms. The number of hydrogen-bond donors (Lipinski definition) is 2. The summed E-state index contributed by atoms with van der Waals surface area (Å²) in [5.74, 6) is -2.35. The minimum Gasteiger partial charge on any atom is -0.342 e. The van der Waals surface area contributed by atoms with Gasteiger partial charge in [-0.25, -0.2) is 9.45 Å². The van der Waals surface area contributed by atoms with E-state index < -0.39 is 23.7 Å². The first-order valence-corrected chi connectivity index (χ1v) is 8.66. The number of hydroxylamine groups is 2. The topological polar surface area (TPSA) is 99.6 Å². The Bertz CT molecular complexity index is 624. The molecule has 1 rings (SSSR count). The smallest absolute Gasteiger partial charge is 0.253 e. The number of Topliss-reactive ketones (excluding diaryl/α,β-unsaturated/α-hetero) is 1. The van der Waals surface area contributed by atoms with Crippen molar-refractivity contribution in [2.24, 2.45) is 11.8 Å². The summed E-state index contributed by atoms with van der Waals surface area (Å²) in [6.07, 6.45) is 4.53. The number of ketones is 1. The van der Waals surface area contributed by atoms with Crippen molar-refractivity contribution in [1.82, 2.24) is 15.4 Å². The van der Waals surface area contributed by atoms with Crippen molar-refractivity contribution >= 4 is 18.1 Å². The fourth-order valence-electron chi connectivity index (χ4n) is 2.62.